The Bertz CT molecular complexity index is 839. The predicted molar refractivity (Wildman–Crippen MR) is 121 cm³/mol. The van der Waals surface area contributed by atoms with Gasteiger partial charge in [-0.05, 0) is 31.1 Å². The van der Waals surface area contributed by atoms with E-state index in [0.717, 1.165) is 0 Å². The Kier molecular flexibility index (Phi) is 12.7. The summed E-state index contributed by atoms with van der Waals surface area (Å²) in [7, 11) is 0. The zero-order valence-electron chi connectivity index (χ0n) is 18.0. The van der Waals surface area contributed by atoms with Crippen LogP contribution in [0.3, 0.4) is 0 Å². The van der Waals surface area contributed by atoms with Crippen molar-refractivity contribution in [2.75, 3.05) is 0 Å². The van der Waals surface area contributed by atoms with Crippen molar-refractivity contribution in [1.82, 2.24) is 4.98 Å². The van der Waals surface area contributed by atoms with Gasteiger partial charge in [0, 0.05) is 21.5 Å². The first kappa shape index (κ1) is 23.7. The molecule has 0 amide bonds. The number of hydrogen-bond donors (Lipinski definition) is 1. The molecule has 0 aliphatic heterocycles. The largest absolute Gasteiger partial charge is 0.354 e. The zero-order valence-corrected chi connectivity index (χ0v) is 18.0. The minimum Gasteiger partial charge on any atom is -0.354 e. The molecule has 2 aromatic carbocycles. The van der Waals surface area contributed by atoms with Crippen LogP contribution in [0, 0.1) is 0 Å². The van der Waals surface area contributed by atoms with Crippen molar-refractivity contribution in [2.24, 2.45) is 0 Å². The van der Waals surface area contributed by atoms with E-state index < -0.39 is 0 Å². The molecule has 0 fully saturated rings. The van der Waals surface area contributed by atoms with Crippen molar-refractivity contribution < 1.29 is 0 Å². The van der Waals surface area contributed by atoms with E-state index in [4.69, 9.17) is 0 Å². The molecule has 1 aromatic heterocycles. The lowest BCUT2D eigenvalue weighted by Crippen LogP contribution is -2.25. The molecule has 0 aliphatic carbocycles. The average molecular weight is 352 g/mol. The van der Waals surface area contributed by atoms with Crippen molar-refractivity contribution in [3.8, 4) is 0 Å². The number of para-hydroxylation sites is 1. The molecule has 3 aromatic rings. The topological polar surface area (TPSA) is 15.8 Å². The van der Waals surface area contributed by atoms with Crippen LogP contribution >= 0.6 is 0 Å². The molecule has 0 radical (unpaired) electrons. The minimum atomic E-state index is 1.20. The van der Waals surface area contributed by atoms with Crippen molar-refractivity contribution >= 4 is 22.6 Å². The third-order valence-electron chi connectivity index (χ3n) is 3.62. The summed E-state index contributed by atoms with van der Waals surface area (Å²) in [5, 5.41) is 3.79. The Labute approximate surface area is 160 Å². The van der Waals surface area contributed by atoms with Crippen molar-refractivity contribution in [1.29, 1.82) is 0 Å². The normalized spacial score (nSPS) is 11.3. The van der Waals surface area contributed by atoms with E-state index in [-0.39, 0.29) is 0 Å². The van der Waals surface area contributed by atoms with Crippen LogP contribution < -0.4 is 10.6 Å². The van der Waals surface area contributed by atoms with Gasteiger partial charge in [-0.15, -0.1) is 0 Å². The molecule has 1 heterocycles. The van der Waals surface area contributed by atoms with E-state index in [1.54, 1.807) is 0 Å². The molecule has 0 atom stereocenters. The van der Waals surface area contributed by atoms with Crippen LogP contribution in [0.15, 0.2) is 54.6 Å². The summed E-state index contributed by atoms with van der Waals surface area (Å²) in [6.07, 6.45) is 3.43. The highest BCUT2D eigenvalue weighted by Gasteiger charge is 2.02. The van der Waals surface area contributed by atoms with Crippen molar-refractivity contribution in [3.05, 3.63) is 70.7 Å². The molecule has 3 rings (SSSR count). The maximum Gasteiger partial charge on any atom is 0.0497 e. The monoisotopic (exact) mass is 351 g/mol. The standard InChI is InChI=1S/C18H17N.C3H8.2C2H6/c1-3-15-16-11-7-8-12-17(16)19-18(15)13(2)14-9-5-4-6-10-14;1-3-2;2*1-2/h3-12,19H,1-2H3;3H2,1-2H3;2*1-2H3/b15-3-,18-13-;;;. The lowest BCUT2D eigenvalue weighted by atomic mass is 10.1. The summed E-state index contributed by atoms with van der Waals surface area (Å²) in [4.78, 5) is 3.55. The number of aromatic amines is 1. The fraction of sp³-hybridized carbons (Fsp3) is 0.360. The van der Waals surface area contributed by atoms with Crippen LogP contribution in [0.2, 0.25) is 0 Å². The Morgan fingerprint density at radius 3 is 1.88 bits per heavy atom. The van der Waals surface area contributed by atoms with Gasteiger partial charge in [0.25, 0.3) is 0 Å². The van der Waals surface area contributed by atoms with Gasteiger partial charge in [0.2, 0.25) is 0 Å². The second-order valence-electron chi connectivity index (χ2n) is 5.45. The molecule has 142 valence electrons. The molecule has 0 unspecified atom stereocenters. The summed E-state index contributed by atoms with van der Waals surface area (Å²) in [5.74, 6) is 0. The Morgan fingerprint density at radius 2 is 1.35 bits per heavy atom. The molecule has 0 aliphatic rings. The van der Waals surface area contributed by atoms with E-state index in [1.165, 1.54) is 39.0 Å². The van der Waals surface area contributed by atoms with E-state index in [0.29, 0.717) is 0 Å². The fourth-order valence-electron chi connectivity index (χ4n) is 2.59. The summed E-state index contributed by atoms with van der Waals surface area (Å²) >= 11 is 0. The lowest BCUT2D eigenvalue weighted by molar-refractivity contribution is 1.09. The first-order valence-electron chi connectivity index (χ1n) is 10.0. The highest BCUT2D eigenvalue weighted by molar-refractivity contribution is 5.82. The van der Waals surface area contributed by atoms with Gasteiger partial charge < -0.3 is 4.98 Å². The molecule has 0 saturated carbocycles. The van der Waals surface area contributed by atoms with Gasteiger partial charge in [0.15, 0.2) is 0 Å². The molecule has 26 heavy (non-hydrogen) atoms. The highest BCUT2D eigenvalue weighted by Crippen LogP contribution is 2.10. The molecule has 1 nitrogen and oxygen atoms in total. The summed E-state index contributed by atoms with van der Waals surface area (Å²) < 4.78 is 0. The predicted octanol–water partition coefficient (Wildman–Crippen LogP) is 6.66. The van der Waals surface area contributed by atoms with E-state index in [9.17, 15) is 0 Å². The summed E-state index contributed by atoms with van der Waals surface area (Å²) in [6.45, 7) is 16.5. The number of rotatable bonds is 1. The molecule has 0 bridgehead atoms. The lowest BCUT2D eigenvalue weighted by Gasteiger charge is -1.99. The van der Waals surface area contributed by atoms with E-state index in [1.807, 2.05) is 27.7 Å². The molecule has 0 saturated heterocycles. The van der Waals surface area contributed by atoms with Crippen LogP contribution in [0.5, 0.6) is 0 Å². The number of nitrogens with one attached hydrogen (secondary N) is 1. The number of aromatic nitrogens is 1. The Hall–Kier alpha value is -2.28. The highest BCUT2D eigenvalue weighted by atomic mass is 14.7. The second kappa shape index (κ2) is 13.9. The smallest absolute Gasteiger partial charge is 0.0497 e. The molecule has 0 spiro atoms. The first-order valence-corrected chi connectivity index (χ1v) is 10.0. The number of H-pyrrole nitrogens is 1. The van der Waals surface area contributed by atoms with Gasteiger partial charge in [-0.1, -0.05) is 103 Å². The van der Waals surface area contributed by atoms with Crippen molar-refractivity contribution in [2.45, 2.75) is 61.8 Å². The van der Waals surface area contributed by atoms with E-state index >= 15 is 0 Å². The molecular weight excluding hydrogens is 314 g/mol. The average Bonchev–Trinajstić information content (AvgIpc) is 3.10. The molecular formula is C25H37N. The molecule has 1 N–H and O–H groups in total. The quantitative estimate of drug-likeness (QED) is 0.505. The maximum atomic E-state index is 3.55. The zero-order chi connectivity index (χ0) is 19.9. The van der Waals surface area contributed by atoms with Crippen LogP contribution in [0.1, 0.15) is 67.4 Å². The Balaban J connectivity index is 0.000000793. The fourth-order valence-corrected chi connectivity index (χ4v) is 2.59. The number of benzene rings is 2. The van der Waals surface area contributed by atoms with Crippen molar-refractivity contribution in [3.63, 3.8) is 0 Å². The number of fused-ring (bicyclic) bond motifs is 1. The van der Waals surface area contributed by atoms with Gasteiger partial charge in [0.1, 0.15) is 0 Å². The van der Waals surface area contributed by atoms with Gasteiger partial charge in [-0.3, -0.25) is 0 Å². The molecule has 1 heteroatoms. The summed E-state index contributed by atoms with van der Waals surface area (Å²) in [5.41, 5.74) is 3.74. The Morgan fingerprint density at radius 1 is 0.846 bits per heavy atom. The van der Waals surface area contributed by atoms with Gasteiger partial charge in [0.05, 0.1) is 0 Å². The SMILES string of the molecule is C/C=c1\c(=C(/C)c2ccccc2)[nH]c2ccccc12.CC.CC.CCC. The maximum absolute atomic E-state index is 3.55. The summed E-state index contributed by atoms with van der Waals surface area (Å²) in [6, 6.07) is 19.0. The third kappa shape index (κ3) is 6.22. The van der Waals surface area contributed by atoms with E-state index in [2.05, 4.69) is 93.4 Å². The second-order valence-corrected chi connectivity index (χ2v) is 5.45. The van der Waals surface area contributed by atoms with Crippen LogP contribution in [0.4, 0.5) is 0 Å². The van der Waals surface area contributed by atoms with Gasteiger partial charge in [-0.2, -0.15) is 0 Å². The van der Waals surface area contributed by atoms with Gasteiger partial charge >= 0.3 is 0 Å². The number of hydrogen-bond acceptors (Lipinski definition) is 0. The van der Waals surface area contributed by atoms with Gasteiger partial charge in [-0.25, -0.2) is 0 Å². The first-order chi connectivity index (χ1) is 12.7. The third-order valence-corrected chi connectivity index (χ3v) is 3.62. The van der Waals surface area contributed by atoms with Crippen LogP contribution in [0.25, 0.3) is 22.6 Å². The minimum absolute atomic E-state index is 1.20. The van der Waals surface area contributed by atoms with Crippen LogP contribution in [-0.4, -0.2) is 4.98 Å². The van der Waals surface area contributed by atoms with Crippen LogP contribution in [-0.2, 0) is 0 Å².